The van der Waals surface area contributed by atoms with Crippen LogP contribution in [0, 0.1) is 0 Å². The molecule has 2 rings (SSSR count). The van der Waals surface area contributed by atoms with Gasteiger partial charge in [-0.1, -0.05) is 6.42 Å². The van der Waals surface area contributed by atoms with E-state index >= 15 is 0 Å². The van der Waals surface area contributed by atoms with Gasteiger partial charge in [0.25, 0.3) is 0 Å². The molecule has 0 amide bonds. The smallest absolute Gasteiger partial charge is 0.204 e. The molecule has 0 bridgehead atoms. The third-order valence-electron chi connectivity index (χ3n) is 2.58. The van der Waals surface area contributed by atoms with Gasteiger partial charge in [0.2, 0.25) is 5.13 Å². The summed E-state index contributed by atoms with van der Waals surface area (Å²) < 4.78 is 4.00. The average Bonchev–Trinajstić information content (AvgIpc) is 2.72. The Hall–Kier alpha value is -0.680. The summed E-state index contributed by atoms with van der Waals surface area (Å²) in [7, 11) is 2.08. The van der Waals surface area contributed by atoms with E-state index in [4.69, 9.17) is 0 Å². The number of aromatic nitrogens is 2. The molecule has 0 aliphatic carbocycles. The van der Waals surface area contributed by atoms with Crippen molar-refractivity contribution >= 4 is 16.7 Å². The summed E-state index contributed by atoms with van der Waals surface area (Å²) in [5, 5.41) is 4.54. The van der Waals surface area contributed by atoms with E-state index in [0.717, 1.165) is 18.2 Å². The SMILES string of the molecule is CN(CC1CCCCN1)c1ncns1. The summed E-state index contributed by atoms with van der Waals surface area (Å²) in [6.07, 6.45) is 5.56. The maximum absolute atomic E-state index is 4.19. The highest BCUT2D eigenvalue weighted by atomic mass is 32.1. The molecule has 1 aliphatic rings. The standard InChI is InChI=1S/C9H16N4S/c1-13(9-11-7-12-14-9)6-8-4-2-3-5-10-8/h7-8,10H,2-6H2,1H3. The van der Waals surface area contributed by atoms with Crippen LogP contribution in [0.1, 0.15) is 19.3 Å². The minimum absolute atomic E-state index is 0.623. The van der Waals surface area contributed by atoms with E-state index in [2.05, 4.69) is 26.6 Å². The van der Waals surface area contributed by atoms with Crippen LogP contribution in [0.15, 0.2) is 6.33 Å². The van der Waals surface area contributed by atoms with Crippen LogP contribution in [0.4, 0.5) is 5.13 Å². The van der Waals surface area contributed by atoms with Gasteiger partial charge in [-0.25, -0.2) is 4.98 Å². The molecule has 0 saturated carbocycles. The third-order valence-corrected chi connectivity index (χ3v) is 3.36. The van der Waals surface area contributed by atoms with Gasteiger partial charge >= 0.3 is 0 Å². The average molecular weight is 212 g/mol. The van der Waals surface area contributed by atoms with Gasteiger partial charge in [0.15, 0.2) is 0 Å². The molecule has 1 aromatic heterocycles. The lowest BCUT2D eigenvalue weighted by atomic mass is 10.1. The quantitative estimate of drug-likeness (QED) is 0.815. The van der Waals surface area contributed by atoms with Crippen LogP contribution in [0.2, 0.25) is 0 Å². The molecule has 1 atom stereocenters. The second-order valence-electron chi connectivity index (χ2n) is 3.75. The minimum atomic E-state index is 0.623. The normalized spacial score (nSPS) is 22.2. The van der Waals surface area contributed by atoms with Crippen LogP contribution in [-0.4, -0.2) is 35.5 Å². The van der Waals surface area contributed by atoms with Crippen LogP contribution < -0.4 is 10.2 Å². The molecule has 1 aromatic rings. The molecule has 1 saturated heterocycles. The third kappa shape index (κ3) is 2.42. The van der Waals surface area contributed by atoms with Gasteiger partial charge in [-0.2, -0.15) is 4.37 Å². The lowest BCUT2D eigenvalue weighted by Crippen LogP contribution is -2.42. The molecule has 1 aliphatic heterocycles. The molecular weight excluding hydrogens is 196 g/mol. The number of anilines is 1. The van der Waals surface area contributed by atoms with Gasteiger partial charge in [-0.15, -0.1) is 0 Å². The van der Waals surface area contributed by atoms with Crippen molar-refractivity contribution in [1.82, 2.24) is 14.7 Å². The Morgan fingerprint density at radius 1 is 1.64 bits per heavy atom. The molecule has 1 fully saturated rings. The Labute approximate surface area is 88.5 Å². The lowest BCUT2D eigenvalue weighted by Gasteiger charge is -2.27. The fraction of sp³-hybridized carbons (Fsp3) is 0.778. The summed E-state index contributed by atoms with van der Waals surface area (Å²) in [5.41, 5.74) is 0. The van der Waals surface area contributed by atoms with E-state index in [9.17, 15) is 0 Å². The van der Waals surface area contributed by atoms with E-state index in [1.54, 1.807) is 6.33 Å². The van der Waals surface area contributed by atoms with Crippen molar-refractivity contribution in [2.45, 2.75) is 25.3 Å². The summed E-state index contributed by atoms with van der Waals surface area (Å²) in [6, 6.07) is 0.623. The van der Waals surface area contributed by atoms with Gasteiger partial charge in [-0.3, -0.25) is 0 Å². The Morgan fingerprint density at radius 3 is 3.21 bits per heavy atom. The first-order valence-corrected chi connectivity index (χ1v) is 5.85. The van der Waals surface area contributed by atoms with E-state index in [-0.39, 0.29) is 0 Å². The van der Waals surface area contributed by atoms with Crippen molar-refractivity contribution in [3.63, 3.8) is 0 Å². The summed E-state index contributed by atoms with van der Waals surface area (Å²) in [5.74, 6) is 0. The summed E-state index contributed by atoms with van der Waals surface area (Å²) >= 11 is 1.46. The van der Waals surface area contributed by atoms with Crippen molar-refractivity contribution in [3.8, 4) is 0 Å². The monoisotopic (exact) mass is 212 g/mol. The molecular formula is C9H16N4S. The molecule has 0 radical (unpaired) electrons. The van der Waals surface area contributed by atoms with E-state index in [1.807, 2.05) is 0 Å². The molecule has 1 unspecified atom stereocenters. The van der Waals surface area contributed by atoms with E-state index in [1.165, 1.54) is 30.8 Å². The van der Waals surface area contributed by atoms with Gasteiger partial charge in [0.05, 0.1) is 0 Å². The number of rotatable bonds is 3. The first-order chi connectivity index (χ1) is 6.86. The van der Waals surface area contributed by atoms with Gasteiger partial charge in [-0.05, 0) is 19.4 Å². The second kappa shape index (κ2) is 4.70. The zero-order chi connectivity index (χ0) is 9.80. The van der Waals surface area contributed by atoms with Crippen LogP contribution in [-0.2, 0) is 0 Å². The minimum Gasteiger partial charge on any atom is -0.348 e. The highest BCUT2D eigenvalue weighted by Crippen LogP contribution is 2.15. The highest BCUT2D eigenvalue weighted by Gasteiger charge is 2.15. The molecule has 14 heavy (non-hydrogen) atoms. The second-order valence-corrected chi connectivity index (χ2v) is 4.51. The molecule has 0 spiro atoms. The zero-order valence-corrected chi connectivity index (χ0v) is 9.26. The maximum atomic E-state index is 4.19. The molecule has 1 N–H and O–H groups in total. The Bertz CT molecular complexity index is 256. The first-order valence-electron chi connectivity index (χ1n) is 5.07. The lowest BCUT2D eigenvalue weighted by molar-refractivity contribution is 0.403. The predicted octanol–water partition coefficient (Wildman–Crippen LogP) is 1.12. The van der Waals surface area contributed by atoms with Gasteiger partial charge in [0.1, 0.15) is 6.33 Å². The van der Waals surface area contributed by atoms with Crippen LogP contribution >= 0.6 is 11.5 Å². The van der Waals surface area contributed by atoms with E-state index < -0.39 is 0 Å². The number of likely N-dealkylation sites (N-methyl/N-ethyl adjacent to an activating group) is 1. The molecule has 4 nitrogen and oxygen atoms in total. The number of nitrogens with one attached hydrogen (secondary N) is 1. The van der Waals surface area contributed by atoms with Gasteiger partial charge in [0, 0.05) is 31.2 Å². The molecule has 5 heteroatoms. The topological polar surface area (TPSA) is 41.0 Å². The van der Waals surface area contributed by atoms with Crippen molar-refractivity contribution in [1.29, 1.82) is 0 Å². The predicted molar refractivity (Wildman–Crippen MR) is 58.8 cm³/mol. The zero-order valence-electron chi connectivity index (χ0n) is 8.44. The summed E-state index contributed by atoms with van der Waals surface area (Å²) in [4.78, 5) is 6.37. The van der Waals surface area contributed by atoms with Crippen LogP contribution in [0.25, 0.3) is 0 Å². The molecule has 0 aromatic carbocycles. The number of piperidine rings is 1. The Morgan fingerprint density at radius 2 is 2.57 bits per heavy atom. The number of hydrogen-bond donors (Lipinski definition) is 1. The fourth-order valence-electron chi connectivity index (χ4n) is 1.82. The summed E-state index contributed by atoms with van der Waals surface area (Å²) in [6.45, 7) is 2.20. The van der Waals surface area contributed by atoms with Crippen LogP contribution in [0.3, 0.4) is 0 Å². The van der Waals surface area contributed by atoms with Crippen LogP contribution in [0.5, 0.6) is 0 Å². The molecule has 2 heterocycles. The van der Waals surface area contributed by atoms with Gasteiger partial charge < -0.3 is 10.2 Å². The van der Waals surface area contributed by atoms with Crippen molar-refractivity contribution in [3.05, 3.63) is 6.33 Å². The highest BCUT2D eigenvalue weighted by molar-refractivity contribution is 7.09. The Kier molecular flexibility index (Phi) is 3.31. The maximum Gasteiger partial charge on any atom is 0.204 e. The fourth-order valence-corrected chi connectivity index (χ4v) is 2.32. The first kappa shape index (κ1) is 9.86. The number of nitrogens with zero attached hydrogens (tertiary/aromatic N) is 3. The largest absolute Gasteiger partial charge is 0.348 e. The van der Waals surface area contributed by atoms with E-state index in [0.29, 0.717) is 6.04 Å². The van der Waals surface area contributed by atoms with Crippen molar-refractivity contribution in [2.75, 3.05) is 25.0 Å². The number of hydrogen-bond acceptors (Lipinski definition) is 5. The van der Waals surface area contributed by atoms with Crippen molar-refractivity contribution in [2.24, 2.45) is 0 Å². The Balaban J connectivity index is 1.84. The van der Waals surface area contributed by atoms with Crippen molar-refractivity contribution < 1.29 is 0 Å². The molecule has 78 valence electrons.